The third-order valence-electron chi connectivity index (χ3n) is 4.94. The van der Waals surface area contributed by atoms with Crippen molar-refractivity contribution >= 4 is 0 Å². The third-order valence-corrected chi connectivity index (χ3v) is 4.94. The number of morpholine rings is 1. The van der Waals surface area contributed by atoms with Crippen molar-refractivity contribution < 1.29 is 14.6 Å². The Morgan fingerprint density at radius 2 is 2.07 bits per heavy atom. The van der Waals surface area contributed by atoms with Gasteiger partial charge in [0.2, 0.25) is 0 Å². The minimum absolute atomic E-state index is 0.298. The first kappa shape index (κ1) is 20.7. The Morgan fingerprint density at radius 3 is 2.86 bits per heavy atom. The van der Waals surface area contributed by atoms with Crippen molar-refractivity contribution in [3.05, 3.63) is 59.4 Å². The van der Waals surface area contributed by atoms with Crippen LogP contribution >= 0.6 is 0 Å². The van der Waals surface area contributed by atoms with Crippen LogP contribution in [0.25, 0.3) is 0 Å². The number of aliphatic hydroxyl groups excluding tert-OH is 1. The van der Waals surface area contributed by atoms with Crippen LogP contribution in [-0.4, -0.2) is 72.5 Å². The summed E-state index contributed by atoms with van der Waals surface area (Å²) in [5, 5.41) is 10.2. The molecule has 1 fully saturated rings. The monoisotopic (exact) mass is 385 g/mol. The Morgan fingerprint density at radius 1 is 1.25 bits per heavy atom. The molecule has 1 aromatic heterocycles. The highest BCUT2D eigenvalue weighted by Crippen LogP contribution is 2.17. The van der Waals surface area contributed by atoms with Gasteiger partial charge in [-0.2, -0.15) is 0 Å². The number of hydrogen-bond donors (Lipinski definition) is 1. The molecule has 6 nitrogen and oxygen atoms in total. The van der Waals surface area contributed by atoms with Gasteiger partial charge in [-0.15, -0.1) is 0 Å². The molecule has 3 rings (SSSR count). The van der Waals surface area contributed by atoms with Crippen LogP contribution in [0.5, 0.6) is 5.75 Å². The molecule has 1 saturated heterocycles. The largest absolute Gasteiger partial charge is 0.491 e. The van der Waals surface area contributed by atoms with E-state index in [1.807, 2.05) is 24.5 Å². The average molecular weight is 386 g/mol. The van der Waals surface area contributed by atoms with Gasteiger partial charge in [0.05, 0.1) is 13.2 Å². The predicted octanol–water partition coefficient (Wildman–Crippen LogP) is 2.09. The number of pyridine rings is 1. The van der Waals surface area contributed by atoms with Gasteiger partial charge < -0.3 is 14.6 Å². The Kier molecular flexibility index (Phi) is 7.80. The molecule has 2 heterocycles. The van der Waals surface area contributed by atoms with Crippen molar-refractivity contribution in [1.29, 1.82) is 0 Å². The van der Waals surface area contributed by atoms with Gasteiger partial charge in [-0.25, -0.2) is 0 Å². The summed E-state index contributed by atoms with van der Waals surface area (Å²) >= 11 is 0. The van der Waals surface area contributed by atoms with E-state index in [9.17, 15) is 5.11 Å². The molecular weight excluding hydrogens is 354 g/mol. The fourth-order valence-electron chi connectivity index (χ4n) is 3.40. The van der Waals surface area contributed by atoms with Gasteiger partial charge in [0.1, 0.15) is 18.5 Å². The van der Waals surface area contributed by atoms with Crippen molar-refractivity contribution in [1.82, 2.24) is 14.8 Å². The molecule has 0 bridgehead atoms. The normalized spacial score (nSPS) is 16.3. The molecule has 0 radical (unpaired) electrons. The van der Waals surface area contributed by atoms with Gasteiger partial charge in [0.25, 0.3) is 0 Å². The molecule has 0 saturated carbocycles. The molecular formula is C22H31N3O3. The molecule has 1 atom stereocenters. The summed E-state index contributed by atoms with van der Waals surface area (Å²) in [6.07, 6.45) is 3.24. The van der Waals surface area contributed by atoms with E-state index in [2.05, 4.69) is 47.0 Å². The maximum atomic E-state index is 10.2. The fourth-order valence-corrected chi connectivity index (χ4v) is 3.40. The van der Waals surface area contributed by atoms with Crippen LogP contribution in [-0.2, 0) is 17.8 Å². The zero-order chi connectivity index (χ0) is 19.8. The lowest BCUT2D eigenvalue weighted by Crippen LogP contribution is -2.42. The SMILES string of the molecule is Cc1cnccc1CN(C)Cc1cccc(OC[C@@H](O)CN2CCOCC2)c1. The zero-order valence-electron chi connectivity index (χ0n) is 16.9. The molecule has 2 aromatic rings. The Bertz CT molecular complexity index is 734. The lowest BCUT2D eigenvalue weighted by Gasteiger charge is -2.28. The van der Waals surface area contributed by atoms with Crippen molar-refractivity contribution in [2.75, 3.05) is 46.5 Å². The quantitative estimate of drug-likeness (QED) is 0.713. The first-order valence-corrected chi connectivity index (χ1v) is 9.88. The van der Waals surface area contributed by atoms with Crippen LogP contribution in [0.1, 0.15) is 16.7 Å². The minimum Gasteiger partial charge on any atom is -0.491 e. The number of nitrogens with zero attached hydrogens (tertiary/aromatic N) is 3. The molecule has 1 aliphatic heterocycles. The number of rotatable bonds is 9. The first-order valence-electron chi connectivity index (χ1n) is 9.88. The van der Waals surface area contributed by atoms with E-state index >= 15 is 0 Å². The number of ether oxygens (including phenoxy) is 2. The molecule has 1 N–H and O–H groups in total. The molecule has 1 aromatic carbocycles. The van der Waals surface area contributed by atoms with Crippen LogP contribution in [0.3, 0.4) is 0 Å². The topological polar surface area (TPSA) is 58.1 Å². The van der Waals surface area contributed by atoms with Gasteiger partial charge in [-0.3, -0.25) is 14.8 Å². The molecule has 0 amide bonds. The summed E-state index contributed by atoms with van der Waals surface area (Å²) in [4.78, 5) is 8.64. The second kappa shape index (κ2) is 10.5. The highest BCUT2D eigenvalue weighted by atomic mass is 16.5. The standard InChI is InChI=1S/C22H31N3O3/c1-18-13-23-7-6-20(18)15-24(2)14-19-4-3-5-22(12-19)28-17-21(26)16-25-8-10-27-11-9-25/h3-7,12-13,21,26H,8-11,14-17H2,1-2H3/t21-/m0/s1. The summed E-state index contributed by atoms with van der Waals surface area (Å²) in [6, 6.07) is 10.2. The summed E-state index contributed by atoms with van der Waals surface area (Å²) in [5.74, 6) is 0.798. The third kappa shape index (κ3) is 6.56. The van der Waals surface area contributed by atoms with E-state index in [1.54, 1.807) is 0 Å². The van der Waals surface area contributed by atoms with Crippen LogP contribution < -0.4 is 4.74 Å². The number of hydrogen-bond acceptors (Lipinski definition) is 6. The number of aryl methyl sites for hydroxylation is 1. The van der Waals surface area contributed by atoms with Crippen molar-refractivity contribution in [2.45, 2.75) is 26.1 Å². The maximum absolute atomic E-state index is 10.2. The van der Waals surface area contributed by atoms with Gasteiger partial charge in [0.15, 0.2) is 0 Å². The zero-order valence-corrected chi connectivity index (χ0v) is 16.9. The van der Waals surface area contributed by atoms with Crippen LogP contribution in [0.2, 0.25) is 0 Å². The van der Waals surface area contributed by atoms with E-state index < -0.39 is 6.10 Å². The summed E-state index contributed by atoms with van der Waals surface area (Å²) < 4.78 is 11.2. The van der Waals surface area contributed by atoms with Crippen molar-refractivity contribution in [3.63, 3.8) is 0 Å². The van der Waals surface area contributed by atoms with E-state index in [-0.39, 0.29) is 0 Å². The van der Waals surface area contributed by atoms with Crippen molar-refractivity contribution in [3.8, 4) is 5.75 Å². The van der Waals surface area contributed by atoms with Crippen LogP contribution in [0.15, 0.2) is 42.7 Å². The second-order valence-electron chi connectivity index (χ2n) is 7.50. The van der Waals surface area contributed by atoms with Crippen LogP contribution in [0.4, 0.5) is 0 Å². The number of β-amino-alcohol motifs (C(OH)–C–C–N with tert-alkyl or cyclic N) is 1. The van der Waals surface area contributed by atoms with Gasteiger partial charge in [-0.05, 0) is 48.9 Å². The lowest BCUT2D eigenvalue weighted by atomic mass is 10.1. The summed E-state index contributed by atoms with van der Waals surface area (Å²) in [6.45, 7) is 7.93. The van der Waals surface area contributed by atoms with E-state index in [0.29, 0.717) is 13.2 Å². The van der Waals surface area contributed by atoms with Gasteiger partial charge in [-0.1, -0.05) is 12.1 Å². The molecule has 1 aliphatic rings. The van der Waals surface area contributed by atoms with Gasteiger partial charge >= 0.3 is 0 Å². The summed E-state index contributed by atoms with van der Waals surface area (Å²) in [5.41, 5.74) is 3.69. The second-order valence-corrected chi connectivity index (χ2v) is 7.50. The molecule has 28 heavy (non-hydrogen) atoms. The van der Waals surface area contributed by atoms with E-state index in [0.717, 1.165) is 45.1 Å². The van der Waals surface area contributed by atoms with E-state index in [4.69, 9.17) is 9.47 Å². The molecule has 0 unspecified atom stereocenters. The minimum atomic E-state index is -0.501. The molecule has 0 aliphatic carbocycles. The lowest BCUT2D eigenvalue weighted by molar-refractivity contribution is 0.00464. The molecule has 6 heteroatoms. The highest BCUT2D eigenvalue weighted by molar-refractivity contribution is 5.29. The summed E-state index contributed by atoms with van der Waals surface area (Å²) in [7, 11) is 2.11. The van der Waals surface area contributed by atoms with Crippen LogP contribution in [0, 0.1) is 6.92 Å². The fraction of sp³-hybridized carbons (Fsp3) is 0.500. The Balaban J connectivity index is 1.47. The smallest absolute Gasteiger partial charge is 0.119 e. The number of aromatic nitrogens is 1. The number of aliphatic hydroxyl groups is 1. The Hall–Kier alpha value is -1.99. The van der Waals surface area contributed by atoms with Gasteiger partial charge in [0, 0.05) is 45.1 Å². The number of benzene rings is 1. The maximum Gasteiger partial charge on any atom is 0.119 e. The van der Waals surface area contributed by atoms with E-state index in [1.165, 1.54) is 16.7 Å². The predicted molar refractivity (Wildman–Crippen MR) is 109 cm³/mol. The molecule has 152 valence electrons. The van der Waals surface area contributed by atoms with Crippen molar-refractivity contribution in [2.24, 2.45) is 0 Å². The molecule has 0 spiro atoms. The first-order chi connectivity index (χ1) is 13.6. The average Bonchev–Trinajstić information content (AvgIpc) is 2.69. The highest BCUT2D eigenvalue weighted by Gasteiger charge is 2.15. The Labute approximate surface area is 167 Å².